The molecule has 0 saturated heterocycles. The number of benzene rings is 1. The maximum atomic E-state index is 13.3. The zero-order chi connectivity index (χ0) is 13.9. The topological polar surface area (TPSA) is 61.5 Å². The smallest absolute Gasteiger partial charge is 0.313 e. The van der Waals surface area contributed by atoms with Crippen LogP contribution in [0.4, 0.5) is 4.39 Å². The van der Waals surface area contributed by atoms with Crippen LogP contribution < -0.4 is 10.5 Å². The van der Waals surface area contributed by atoms with E-state index in [0.717, 1.165) is 0 Å². The van der Waals surface area contributed by atoms with Crippen molar-refractivity contribution in [1.29, 1.82) is 0 Å². The van der Waals surface area contributed by atoms with Crippen LogP contribution in [0.25, 0.3) is 0 Å². The molecule has 0 heterocycles. The van der Waals surface area contributed by atoms with Gasteiger partial charge < -0.3 is 15.2 Å². The minimum Gasteiger partial charge on any atom is -0.494 e. The van der Waals surface area contributed by atoms with Gasteiger partial charge in [0.1, 0.15) is 0 Å². The van der Waals surface area contributed by atoms with E-state index in [-0.39, 0.29) is 5.75 Å². The Kier molecular flexibility index (Phi) is 4.29. The molecule has 1 rings (SSSR count). The molecule has 1 atom stereocenters. The number of carbonyl (C=O) groups excluding carboxylic acids is 1. The zero-order valence-electron chi connectivity index (χ0n) is 11.0. The van der Waals surface area contributed by atoms with Gasteiger partial charge in [-0.2, -0.15) is 0 Å². The van der Waals surface area contributed by atoms with Crippen molar-refractivity contribution < 1.29 is 18.7 Å². The van der Waals surface area contributed by atoms with E-state index in [9.17, 15) is 9.18 Å². The lowest BCUT2D eigenvalue weighted by molar-refractivity contribution is -0.152. The average Bonchev–Trinajstić information content (AvgIpc) is 2.37. The molecule has 1 aromatic rings. The summed E-state index contributed by atoms with van der Waals surface area (Å²) in [5.41, 5.74) is 5.75. The lowest BCUT2D eigenvalue weighted by Crippen LogP contribution is -2.37. The Morgan fingerprint density at radius 2 is 2.00 bits per heavy atom. The quantitative estimate of drug-likeness (QED) is 0.836. The fraction of sp³-hybridized carbons (Fsp3) is 0.462. The third-order valence-corrected chi connectivity index (χ3v) is 3.02. The first-order valence-electron chi connectivity index (χ1n) is 5.52. The second-order valence-electron chi connectivity index (χ2n) is 4.58. The SMILES string of the molecule is COC(=O)C(C)(C)[C@@H](N)c1ccc(F)c(OC)c1. The highest BCUT2D eigenvalue weighted by atomic mass is 19.1. The van der Waals surface area contributed by atoms with Crippen LogP contribution in [0.5, 0.6) is 5.75 Å². The predicted molar refractivity (Wildman–Crippen MR) is 65.7 cm³/mol. The molecule has 0 radical (unpaired) electrons. The van der Waals surface area contributed by atoms with Gasteiger partial charge in [0.25, 0.3) is 0 Å². The molecule has 0 bridgehead atoms. The molecule has 0 aliphatic rings. The van der Waals surface area contributed by atoms with Crippen LogP contribution in [0.15, 0.2) is 18.2 Å². The van der Waals surface area contributed by atoms with Gasteiger partial charge in [-0.1, -0.05) is 6.07 Å². The van der Waals surface area contributed by atoms with Gasteiger partial charge in [-0.15, -0.1) is 0 Å². The minimum atomic E-state index is -0.905. The van der Waals surface area contributed by atoms with Crippen LogP contribution in [-0.4, -0.2) is 20.2 Å². The number of ether oxygens (including phenoxy) is 2. The number of rotatable bonds is 4. The number of nitrogens with two attached hydrogens (primary N) is 1. The van der Waals surface area contributed by atoms with Gasteiger partial charge in [0.2, 0.25) is 0 Å². The minimum absolute atomic E-state index is 0.101. The number of hydrogen-bond acceptors (Lipinski definition) is 4. The van der Waals surface area contributed by atoms with Crippen molar-refractivity contribution in [1.82, 2.24) is 0 Å². The summed E-state index contributed by atoms with van der Waals surface area (Å²) in [5, 5.41) is 0. The van der Waals surface area contributed by atoms with Crippen molar-refractivity contribution in [2.24, 2.45) is 11.1 Å². The van der Waals surface area contributed by atoms with Crippen LogP contribution in [0, 0.1) is 11.2 Å². The Morgan fingerprint density at radius 3 is 2.50 bits per heavy atom. The van der Waals surface area contributed by atoms with E-state index in [1.807, 2.05) is 0 Å². The second kappa shape index (κ2) is 5.35. The molecule has 0 aliphatic carbocycles. The number of halogens is 1. The van der Waals surface area contributed by atoms with Crippen molar-refractivity contribution in [3.05, 3.63) is 29.6 Å². The Labute approximate surface area is 106 Å². The third-order valence-electron chi connectivity index (χ3n) is 3.02. The van der Waals surface area contributed by atoms with Gasteiger partial charge in [-0.05, 0) is 31.5 Å². The van der Waals surface area contributed by atoms with Crippen LogP contribution in [0.1, 0.15) is 25.5 Å². The molecule has 0 unspecified atom stereocenters. The van der Waals surface area contributed by atoms with Crippen LogP contribution in [0.3, 0.4) is 0 Å². The molecule has 0 aromatic heterocycles. The highest BCUT2D eigenvalue weighted by Gasteiger charge is 2.36. The van der Waals surface area contributed by atoms with Crippen molar-refractivity contribution >= 4 is 5.97 Å². The summed E-state index contributed by atoms with van der Waals surface area (Å²) < 4.78 is 22.9. The summed E-state index contributed by atoms with van der Waals surface area (Å²) in [6.07, 6.45) is 0. The number of methoxy groups -OCH3 is 2. The molecule has 0 saturated carbocycles. The van der Waals surface area contributed by atoms with E-state index in [4.69, 9.17) is 15.2 Å². The summed E-state index contributed by atoms with van der Waals surface area (Å²) in [6, 6.07) is 3.68. The largest absolute Gasteiger partial charge is 0.494 e. The first-order chi connectivity index (χ1) is 8.34. The lowest BCUT2D eigenvalue weighted by atomic mass is 9.81. The monoisotopic (exact) mass is 255 g/mol. The van der Waals surface area contributed by atoms with E-state index < -0.39 is 23.2 Å². The van der Waals surface area contributed by atoms with Gasteiger partial charge in [0.15, 0.2) is 11.6 Å². The molecular weight excluding hydrogens is 237 g/mol. The second-order valence-corrected chi connectivity index (χ2v) is 4.58. The van der Waals surface area contributed by atoms with E-state index >= 15 is 0 Å². The standard InChI is InChI=1S/C13H18FNO3/c1-13(2,12(16)18-4)11(15)8-5-6-9(14)10(7-8)17-3/h5-7,11H,15H2,1-4H3/t11-/m0/s1. The Morgan fingerprint density at radius 1 is 1.39 bits per heavy atom. The molecular formula is C13H18FNO3. The normalized spacial score (nSPS) is 13.0. The molecule has 5 heteroatoms. The summed E-state index contributed by atoms with van der Waals surface area (Å²) >= 11 is 0. The van der Waals surface area contributed by atoms with Gasteiger partial charge in [-0.25, -0.2) is 4.39 Å². The summed E-state index contributed by atoms with van der Waals surface area (Å²) in [6.45, 7) is 3.36. The van der Waals surface area contributed by atoms with Gasteiger partial charge in [0.05, 0.1) is 19.6 Å². The lowest BCUT2D eigenvalue weighted by Gasteiger charge is -2.29. The van der Waals surface area contributed by atoms with Gasteiger partial charge in [-0.3, -0.25) is 4.79 Å². The average molecular weight is 255 g/mol. The predicted octanol–water partition coefficient (Wildman–Crippen LogP) is 2.03. The van der Waals surface area contributed by atoms with Gasteiger partial charge >= 0.3 is 5.97 Å². The molecule has 4 nitrogen and oxygen atoms in total. The number of carbonyl (C=O) groups is 1. The van der Waals surface area contributed by atoms with Crippen molar-refractivity contribution in [3.8, 4) is 5.75 Å². The van der Waals surface area contributed by atoms with Crippen molar-refractivity contribution in [2.75, 3.05) is 14.2 Å². The Balaban J connectivity index is 3.10. The summed E-state index contributed by atoms with van der Waals surface area (Å²) in [7, 11) is 2.68. The molecule has 18 heavy (non-hydrogen) atoms. The summed E-state index contributed by atoms with van der Waals surface area (Å²) in [5.74, 6) is -0.786. The first kappa shape index (κ1) is 14.4. The Hall–Kier alpha value is -1.62. The number of hydrogen-bond donors (Lipinski definition) is 1. The third kappa shape index (κ3) is 2.61. The highest BCUT2D eigenvalue weighted by molar-refractivity contribution is 5.77. The zero-order valence-corrected chi connectivity index (χ0v) is 11.0. The Bertz CT molecular complexity index is 446. The molecule has 2 N–H and O–H groups in total. The number of esters is 1. The van der Waals surface area contributed by atoms with Crippen molar-refractivity contribution in [3.63, 3.8) is 0 Å². The molecule has 100 valence electrons. The first-order valence-corrected chi connectivity index (χ1v) is 5.52. The fourth-order valence-electron chi connectivity index (χ4n) is 1.68. The van der Waals surface area contributed by atoms with Crippen LogP contribution >= 0.6 is 0 Å². The van der Waals surface area contributed by atoms with E-state index in [1.165, 1.54) is 32.4 Å². The molecule has 0 spiro atoms. The maximum Gasteiger partial charge on any atom is 0.313 e. The highest BCUT2D eigenvalue weighted by Crippen LogP contribution is 2.34. The van der Waals surface area contributed by atoms with E-state index in [1.54, 1.807) is 13.8 Å². The summed E-state index contributed by atoms with van der Waals surface area (Å²) in [4.78, 5) is 11.7. The molecule has 1 aromatic carbocycles. The van der Waals surface area contributed by atoms with E-state index in [0.29, 0.717) is 5.56 Å². The van der Waals surface area contributed by atoms with Crippen LogP contribution in [-0.2, 0) is 9.53 Å². The molecule has 0 aliphatic heterocycles. The van der Waals surface area contributed by atoms with Crippen LogP contribution in [0.2, 0.25) is 0 Å². The van der Waals surface area contributed by atoms with Crippen molar-refractivity contribution in [2.45, 2.75) is 19.9 Å². The molecule has 0 amide bonds. The van der Waals surface area contributed by atoms with E-state index in [2.05, 4.69) is 0 Å². The fourth-order valence-corrected chi connectivity index (χ4v) is 1.68. The molecule has 0 fully saturated rings. The maximum absolute atomic E-state index is 13.3. The van der Waals surface area contributed by atoms with Gasteiger partial charge in [0, 0.05) is 6.04 Å².